The molecule has 0 radical (unpaired) electrons. The maximum Gasteiger partial charge on any atom is 0.244 e. The summed E-state index contributed by atoms with van der Waals surface area (Å²) < 4.78 is 41.4. The van der Waals surface area contributed by atoms with Gasteiger partial charge in [0.2, 0.25) is 11.8 Å². The number of halogens is 4. The minimum absolute atomic E-state index is 0.351. The molecule has 0 atom stereocenters. The van der Waals surface area contributed by atoms with Crippen LogP contribution in [0.25, 0.3) is 6.08 Å². The molecule has 33 heavy (non-hydrogen) atoms. The molecule has 3 aromatic rings. The van der Waals surface area contributed by atoms with Gasteiger partial charge >= 0.3 is 0 Å². The van der Waals surface area contributed by atoms with Gasteiger partial charge in [-0.2, -0.15) is 5.10 Å². The van der Waals surface area contributed by atoms with Crippen molar-refractivity contribution < 1.29 is 22.8 Å². The number of carbonyl (C=O) groups excluding carboxylic acids is 2. The van der Waals surface area contributed by atoms with E-state index in [1.807, 2.05) is 31.2 Å². The second-order valence-corrected chi connectivity index (χ2v) is 7.61. The molecule has 2 amide bonds. The summed E-state index contributed by atoms with van der Waals surface area (Å²) in [5.41, 5.74) is 2.78. The Balaban J connectivity index is 1.58. The lowest BCUT2D eigenvalue weighted by molar-refractivity contribution is -0.121. The van der Waals surface area contributed by atoms with Crippen LogP contribution in [-0.2, 0) is 16.1 Å². The summed E-state index contributed by atoms with van der Waals surface area (Å²) >= 11 is 6.41. The fraction of sp³-hybridized carbons (Fsp3) is 0.174. The molecule has 0 saturated heterocycles. The first-order valence-corrected chi connectivity index (χ1v) is 10.2. The monoisotopic (exact) mass is 476 g/mol. The van der Waals surface area contributed by atoms with Gasteiger partial charge in [0.25, 0.3) is 0 Å². The van der Waals surface area contributed by atoms with Gasteiger partial charge in [-0.25, -0.2) is 17.9 Å². The van der Waals surface area contributed by atoms with Crippen molar-refractivity contribution in [3.05, 3.63) is 87.5 Å². The highest BCUT2D eigenvalue weighted by atomic mass is 35.5. The topological polar surface area (TPSA) is 76.0 Å². The summed E-state index contributed by atoms with van der Waals surface area (Å²) in [5, 5.41) is 9.12. The average Bonchev–Trinajstić information content (AvgIpc) is 3.05. The summed E-state index contributed by atoms with van der Waals surface area (Å²) in [6.45, 7) is 3.69. The Labute approximate surface area is 193 Å². The van der Waals surface area contributed by atoms with Crippen molar-refractivity contribution in [3.63, 3.8) is 0 Å². The number of anilines is 1. The first-order chi connectivity index (χ1) is 15.7. The van der Waals surface area contributed by atoms with Gasteiger partial charge in [0.1, 0.15) is 5.15 Å². The molecule has 0 aliphatic carbocycles. The Morgan fingerprint density at radius 2 is 1.76 bits per heavy atom. The van der Waals surface area contributed by atoms with E-state index in [2.05, 4.69) is 15.7 Å². The highest BCUT2D eigenvalue weighted by Gasteiger charge is 2.16. The average molecular weight is 477 g/mol. The standard InChI is InChI=1S/C23H20ClF3N4O2/c1-13-3-5-15(6-4-13)12-31-23(24)16(14(2)30-31)7-10-19(32)28-11-20(33)29-18-9-8-17(25)21(26)22(18)27/h3-10H,11-12H2,1-2H3,(H,28,32)(H,29,33)/b10-7+. The molecule has 6 nitrogen and oxygen atoms in total. The smallest absolute Gasteiger partial charge is 0.244 e. The van der Waals surface area contributed by atoms with Crippen molar-refractivity contribution in [1.82, 2.24) is 15.1 Å². The summed E-state index contributed by atoms with van der Waals surface area (Å²) in [6.07, 6.45) is 2.65. The van der Waals surface area contributed by atoms with E-state index >= 15 is 0 Å². The molecule has 0 spiro atoms. The molecule has 0 unspecified atom stereocenters. The Morgan fingerprint density at radius 1 is 1.06 bits per heavy atom. The fourth-order valence-electron chi connectivity index (χ4n) is 2.93. The van der Waals surface area contributed by atoms with Crippen LogP contribution in [0.1, 0.15) is 22.4 Å². The van der Waals surface area contributed by atoms with E-state index in [1.165, 1.54) is 12.2 Å². The van der Waals surface area contributed by atoms with Crippen LogP contribution < -0.4 is 10.6 Å². The molecule has 2 aromatic carbocycles. The molecule has 2 N–H and O–H groups in total. The first kappa shape index (κ1) is 24.1. The molecule has 10 heteroatoms. The lowest BCUT2D eigenvalue weighted by atomic mass is 10.1. The normalized spacial score (nSPS) is 11.1. The molecule has 0 aliphatic rings. The van der Waals surface area contributed by atoms with E-state index in [0.29, 0.717) is 29.0 Å². The Bertz CT molecular complexity index is 1220. The number of nitrogens with one attached hydrogen (secondary N) is 2. The van der Waals surface area contributed by atoms with Crippen LogP contribution in [0.15, 0.2) is 42.5 Å². The number of benzene rings is 2. The summed E-state index contributed by atoms with van der Waals surface area (Å²) in [4.78, 5) is 23.9. The molecular weight excluding hydrogens is 457 g/mol. The van der Waals surface area contributed by atoms with Gasteiger partial charge in [-0.1, -0.05) is 41.4 Å². The fourth-order valence-corrected chi connectivity index (χ4v) is 3.23. The molecule has 0 fully saturated rings. The summed E-state index contributed by atoms with van der Waals surface area (Å²) in [5.74, 6) is -6.03. The highest BCUT2D eigenvalue weighted by Crippen LogP contribution is 2.22. The number of rotatable bonds is 7. The van der Waals surface area contributed by atoms with Crippen molar-refractivity contribution in [1.29, 1.82) is 0 Å². The van der Waals surface area contributed by atoms with Crippen molar-refractivity contribution in [2.24, 2.45) is 0 Å². The van der Waals surface area contributed by atoms with Crippen LogP contribution in [0.3, 0.4) is 0 Å². The molecule has 172 valence electrons. The van der Waals surface area contributed by atoms with Crippen molar-refractivity contribution in [2.75, 3.05) is 11.9 Å². The molecule has 3 rings (SSSR count). The van der Waals surface area contributed by atoms with Crippen LogP contribution in [0.5, 0.6) is 0 Å². The maximum atomic E-state index is 13.6. The number of hydrogen-bond donors (Lipinski definition) is 2. The van der Waals surface area contributed by atoms with Crippen molar-refractivity contribution >= 4 is 35.2 Å². The lowest BCUT2D eigenvalue weighted by Crippen LogP contribution is -2.32. The van der Waals surface area contributed by atoms with Crippen molar-refractivity contribution in [2.45, 2.75) is 20.4 Å². The van der Waals surface area contributed by atoms with Crippen LogP contribution in [0, 0.1) is 31.3 Å². The number of aryl methyl sites for hydroxylation is 2. The quantitative estimate of drug-likeness (QED) is 0.392. The van der Waals surface area contributed by atoms with E-state index in [0.717, 1.165) is 17.2 Å². The third-order valence-electron chi connectivity index (χ3n) is 4.70. The zero-order chi connectivity index (χ0) is 24.1. The number of aromatic nitrogens is 2. The van der Waals surface area contributed by atoms with Gasteiger partial charge in [0.15, 0.2) is 17.5 Å². The molecule has 1 heterocycles. The van der Waals surface area contributed by atoms with E-state index in [1.54, 1.807) is 11.6 Å². The predicted molar refractivity (Wildman–Crippen MR) is 119 cm³/mol. The van der Waals surface area contributed by atoms with Gasteiger partial charge in [0, 0.05) is 11.6 Å². The Hall–Kier alpha value is -3.59. The zero-order valence-corrected chi connectivity index (χ0v) is 18.5. The molecule has 1 aromatic heterocycles. The van der Waals surface area contributed by atoms with Gasteiger partial charge < -0.3 is 10.6 Å². The SMILES string of the molecule is Cc1ccc(Cn2nc(C)c(/C=C/C(=O)NCC(=O)Nc3ccc(F)c(F)c3F)c2Cl)cc1. The van der Waals surface area contributed by atoms with Crippen molar-refractivity contribution in [3.8, 4) is 0 Å². The third kappa shape index (κ3) is 6.01. The van der Waals surface area contributed by atoms with Crippen LogP contribution in [0.4, 0.5) is 18.9 Å². The second-order valence-electron chi connectivity index (χ2n) is 7.26. The molecule has 0 bridgehead atoms. The predicted octanol–water partition coefficient (Wildman–Crippen LogP) is 4.39. The first-order valence-electron chi connectivity index (χ1n) is 9.83. The number of carbonyl (C=O) groups is 2. The van der Waals surface area contributed by atoms with Gasteiger partial charge in [-0.05, 0) is 37.6 Å². The van der Waals surface area contributed by atoms with Crippen LogP contribution >= 0.6 is 11.6 Å². The second kappa shape index (κ2) is 10.4. The van der Waals surface area contributed by atoms with Gasteiger partial charge in [-0.15, -0.1) is 0 Å². The minimum atomic E-state index is -1.70. The minimum Gasteiger partial charge on any atom is -0.343 e. The molecular formula is C23H20ClF3N4O2. The number of amides is 2. The highest BCUT2D eigenvalue weighted by molar-refractivity contribution is 6.31. The summed E-state index contributed by atoms with van der Waals surface area (Å²) in [6, 6.07) is 9.49. The maximum absolute atomic E-state index is 13.6. The van der Waals surface area contributed by atoms with Crippen LogP contribution in [-0.4, -0.2) is 28.1 Å². The van der Waals surface area contributed by atoms with E-state index in [4.69, 9.17) is 11.6 Å². The van der Waals surface area contributed by atoms with Crippen LogP contribution in [0.2, 0.25) is 5.15 Å². The molecule has 0 aliphatic heterocycles. The van der Waals surface area contributed by atoms with E-state index in [9.17, 15) is 22.8 Å². The number of hydrogen-bond acceptors (Lipinski definition) is 3. The Morgan fingerprint density at radius 3 is 2.45 bits per heavy atom. The Kier molecular flexibility index (Phi) is 7.55. The third-order valence-corrected chi connectivity index (χ3v) is 5.09. The molecule has 0 saturated carbocycles. The lowest BCUT2D eigenvalue weighted by Gasteiger charge is -2.07. The zero-order valence-electron chi connectivity index (χ0n) is 17.8. The van der Waals surface area contributed by atoms with E-state index in [-0.39, 0.29) is 0 Å². The number of nitrogens with zero attached hydrogens (tertiary/aromatic N) is 2. The van der Waals surface area contributed by atoms with Gasteiger partial charge in [-0.3, -0.25) is 9.59 Å². The van der Waals surface area contributed by atoms with E-state index < -0.39 is 41.5 Å². The van der Waals surface area contributed by atoms with Gasteiger partial charge in [0.05, 0.1) is 24.5 Å². The largest absolute Gasteiger partial charge is 0.343 e. The summed E-state index contributed by atoms with van der Waals surface area (Å²) in [7, 11) is 0.